The summed E-state index contributed by atoms with van der Waals surface area (Å²) in [7, 11) is -1.01. The smallest absolute Gasteiger partial charge is 0.0509 e. The van der Waals surface area contributed by atoms with Crippen molar-refractivity contribution in [3.05, 3.63) is 63.6 Å². The normalized spacial score (nSPS) is 12.3. The molecule has 0 saturated heterocycles. The lowest BCUT2D eigenvalue weighted by atomic mass is 10.2. The fourth-order valence-corrected chi connectivity index (χ4v) is 3.27. The zero-order valence-electron chi connectivity index (χ0n) is 10.1. The third-order valence-electron chi connectivity index (χ3n) is 2.67. The van der Waals surface area contributed by atoms with E-state index in [9.17, 15) is 4.21 Å². The van der Waals surface area contributed by atoms with Gasteiger partial charge in [-0.3, -0.25) is 4.21 Å². The number of nitrogen functional groups attached to an aromatic ring is 1. The lowest BCUT2D eigenvalue weighted by molar-refractivity contribution is 0.682. The second-order valence-corrected chi connectivity index (χ2v) is 6.53. The van der Waals surface area contributed by atoms with Crippen molar-refractivity contribution in [2.45, 2.75) is 11.5 Å². The van der Waals surface area contributed by atoms with Crippen LogP contribution in [0.1, 0.15) is 11.1 Å². The number of rotatable bonds is 4. The molecule has 5 heteroatoms. The van der Waals surface area contributed by atoms with Crippen molar-refractivity contribution in [3.8, 4) is 0 Å². The van der Waals surface area contributed by atoms with Gasteiger partial charge in [-0.25, -0.2) is 0 Å². The summed E-state index contributed by atoms with van der Waals surface area (Å²) in [6, 6.07) is 12.6. The minimum Gasteiger partial charge on any atom is -0.398 e. The van der Waals surface area contributed by atoms with Crippen LogP contribution in [0.4, 0.5) is 5.69 Å². The van der Waals surface area contributed by atoms with Gasteiger partial charge in [0.25, 0.3) is 0 Å². The second-order valence-electron chi connectivity index (χ2n) is 4.20. The molecule has 2 rings (SSSR count). The summed E-state index contributed by atoms with van der Waals surface area (Å²) in [5.74, 6) is 0.908. The molecule has 0 fully saturated rings. The van der Waals surface area contributed by atoms with Gasteiger partial charge in [-0.15, -0.1) is 0 Å². The van der Waals surface area contributed by atoms with Crippen LogP contribution in [0.25, 0.3) is 0 Å². The fraction of sp³-hybridized carbons (Fsp3) is 0.143. The van der Waals surface area contributed by atoms with Crippen LogP contribution >= 0.6 is 23.2 Å². The summed E-state index contributed by atoms with van der Waals surface area (Å²) in [5, 5.41) is 1.27. The van der Waals surface area contributed by atoms with Gasteiger partial charge in [-0.2, -0.15) is 0 Å². The molecule has 19 heavy (non-hydrogen) atoms. The molecule has 0 spiro atoms. The summed E-state index contributed by atoms with van der Waals surface area (Å²) in [4.78, 5) is 0. The summed E-state index contributed by atoms with van der Waals surface area (Å²) in [6.45, 7) is 0. The van der Waals surface area contributed by atoms with Crippen molar-refractivity contribution in [3.63, 3.8) is 0 Å². The maximum absolute atomic E-state index is 12.1. The van der Waals surface area contributed by atoms with Crippen molar-refractivity contribution in [2.75, 3.05) is 5.73 Å². The average Bonchev–Trinajstić information content (AvgIpc) is 2.36. The molecule has 0 bridgehead atoms. The molecule has 100 valence electrons. The van der Waals surface area contributed by atoms with Crippen molar-refractivity contribution < 1.29 is 4.21 Å². The minimum atomic E-state index is -1.01. The van der Waals surface area contributed by atoms with E-state index in [1.165, 1.54) is 0 Å². The molecule has 0 aliphatic rings. The standard InChI is InChI=1S/C14H13Cl2NOS/c15-12-4-1-10(2-5-12)8-19(18)9-11-3-6-13(16)7-14(11)17/h1-7H,8-9,17H2. The molecule has 0 saturated carbocycles. The first kappa shape index (κ1) is 14.4. The average molecular weight is 314 g/mol. The number of hydrogen-bond donors (Lipinski definition) is 1. The van der Waals surface area contributed by atoms with Gasteiger partial charge in [0.15, 0.2) is 0 Å². The highest BCUT2D eigenvalue weighted by molar-refractivity contribution is 7.83. The zero-order valence-corrected chi connectivity index (χ0v) is 12.4. The number of nitrogens with two attached hydrogens (primary N) is 1. The second kappa shape index (κ2) is 6.42. The van der Waals surface area contributed by atoms with Gasteiger partial charge >= 0.3 is 0 Å². The van der Waals surface area contributed by atoms with Crippen molar-refractivity contribution in [1.29, 1.82) is 0 Å². The molecule has 0 heterocycles. The van der Waals surface area contributed by atoms with Gasteiger partial charge in [0.2, 0.25) is 0 Å². The van der Waals surface area contributed by atoms with Crippen molar-refractivity contribution >= 4 is 39.7 Å². The Morgan fingerprint density at radius 3 is 2.21 bits per heavy atom. The molecule has 2 aromatic carbocycles. The van der Waals surface area contributed by atoms with Crippen LogP contribution in [0.3, 0.4) is 0 Å². The number of hydrogen-bond acceptors (Lipinski definition) is 2. The van der Waals surface area contributed by atoms with E-state index in [2.05, 4.69) is 0 Å². The molecular formula is C14H13Cl2NOS. The first-order valence-corrected chi connectivity index (χ1v) is 7.92. The minimum absolute atomic E-state index is 0.422. The van der Waals surface area contributed by atoms with Crippen molar-refractivity contribution in [2.24, 2.45) is 0 Å². The monoisotopic (exact) mass is 313 g/mol. The third-order valence-corrected chi connectivity index (χ3v) is 4.44. The number of benzene rings is 2. The predicted molar refractivity (Wildman–Crippen MR) is 82.9 cm³/mol. The van der Waals surface area contributed by atoms with Crippen LogP contribution < -0.4 is 5.73 Å². The maximum atomic E-state index is 12.1. The van der Waals surface area contributed by atoms with E-state index < -0.39 is 10.8 Å². The Kier molecular flexibility index (Phi) is 4.86. The van der Waals surface area contributed by atoms with Crippen molar-refractivity contribution in [1.82, 2.24) is 0 Å². The van der Waals surface area contributed by atoms with Crippen LogP contribution in [0.15, 0.2) is 42.5 Å². The molecule has 1 atom stereocenters. The van der Waals surface area contributed by atoms with Crippen LogP contribution in [0.2, 0.25) is 10.0 Å². The maximum Gasteiger partial charge on any atom is 0.0509 e. The molecule has 2 aromatic rings. The quantitative estimate of drug-likeness (QED) is 0.866. The number of halogens is 2. The summed E-state index contributed by atoms with van der Waals surface area (Å²) in [5.41, 5.74) is 8.28. The van der Waals surface area contributed by atoms with E-state index in [0.717, 1.165) is 11.1 Å². The van der Waals surface area contributed by atoms with Gasteiger partial charge in [0, 0.05) is 32.3 Å². The van der Waals surface area contributed by atoms with Crippen LogP contribution in [0, 0.1) is 0 Å². The topological polar surface area (TPSA) is 43.1 Å². The van der Waals surface area contributed by atoms with E-state index >= 15 is 0 Å². The highest BCUT2D eigenvalue weighted by atomic mass is 35.5. The number of anilines is 1. The Labute approximate surface area is 125 Å². The molecule has 2 nitrogen and oxygen atoms in total. The lowest BCUT2D eigenvalue weighted by Gasteiger charge is -2.06. The van der Waals surface area contributed by atoms with E-state index in [1.54, 1.807) is 24.3 Å². The SMILES string of the molecule is Nc1cc(Cl)ccc1CS(=O)Cc1ccc(Cl)cc1. The van der Waals surface area contributed by atoms with Crippen LogP contribution in [-0.4, -0.2) is 4.21 Å². The Bertz CT molecular complexity index is 599. The predicted octanol–water partition coefficient (Wildman–Crippen LogP) is 4.02. The molecule has 0 aromatic heterocycles. The largest absolute Gasteiger partial charge is 0.398 e. The molecule has 0 amide bonds. The third kappa shape index (κ3) is 4.23. The Balaban J connectivity index is 2.03. The highest BCUT2D eigenvalue weighted by Crippen LogP contribution is 2.20. The molecular weight excluding hydrogens is 301 g/mol. The van der Waals surface area contributed by atoms with Gasteiger partial charge < -0.3 is 5.73 Å². The summed E-state index contributed by atoms with van der Waals surface area (Å²) in [6.07, 6.45) is 0. The van der Waals surface area contributed by atoms with Gasteiger partial charge in [-0.05, 0) is 35.4 Å². The van der Waals surface area contributed by atoms with E-state index in [0.29, 0.717) is 27.2 Å². The van der Waals surface area contributed by atoms with E-state index in [1.807, 2.05) is 18.2 Å². The molecule has 0 aliphatic carbocycles. The fourth-order valence-electron chi connectivity index (χ4n) is 1.69. The molecule has 0 radical (unpaired) electrons. The van der Waals surface area contributed by atoms with Gasteiger partial charge in [0.1, 0.15) is 0 Å². The van der Waals surface area contributed by atoms with Gasteiger partial charge in [0.05, 0.1) is 5.75 Å². The van der Waals surface area contributed by atoms with Gasteiger partial charge in [-0.1, -0.05) is 41.4 Å². The first-order valence-electron chi connectivity index (χ1n) is 5.68. The molecule has 1 unspecified atom stereocenters. The summed E-state index contributed by atoms with van der Waals surface area (Å²) >= 11 is 11.6. The Morgan fingerprint density at radius 2 is 1.58 bits per heavy atom. The first-order chi connectivity index (χ1) is 9.04. The zero-order chi connectivity index (χ0) is 13.8. The lowest BCUT2D eigenvalue weighted by Crippen LogP contribution is -2.02. The molecule has 0 aliphatic heterocycles. The molecule has 2 N–H and O–H groups in total. The highest BCUT2D eigenvalue weighted by Gasteiger charge is 2.07. The summed E-state index contributed by atoms with van der Waals surface area (Å²) < 4.78 is 12.1. The van der Waals surface area contributed by atoms with E-state index in [-0.39, 0.29) is 0 Å². The van der Waals surface area contributed by atoms with Crippen LogP contribution in [-0.2, 0) is 22.3 Å². The van der Waals surface area contributed by atoms with Crippen LogP contribution in [0.5, 0.6) is 0 Å². The Hall–Kier alpha value is -1.03. The Morgan fingerprint density at radius 1 is 0.947 bits per heavy atom. The van der Waals surface area contributed by atoms with E-state index in [4.69, 9.17) is 28.9 Å².